The zero-order valence-electron chi connectivity index (χ0n) is 13.5. The summed E-state index contributed by atoms with van der Waals surface area (Å²) in [5, 5.41) is 2.49. The number of carbonyl (C=O) groups excluding carboxylic acids is 2. The van der Waals surface area contributed by atoms with Crippen molar-refractivity contribution in [1.29, 1.82) is 0 Å². The third kappa shape index (κ3) is 4.38. The zero-order chi connectivity index (χ0) is 17.7. The standard InChI is InChI=1S/C18H18F2N2O2/c1-12-5-3-4-6-17(12)22(13(2)23)10-9-18(24)21-14-7-8-15(19)16(20)11-14/h3-8,11H,9-10H2,1-2H3,(H,21,24). The molecule has 24 heavy (non-hydrogen) atoms. The predicted molar refractivity (Wildman–Crippen MR) is 88.8 cm³/mol. The Morgan fingerprint density at radius 3 is 2.42 bits per heavy atom. The quantitative estimate of drug-likeness (QED) is 0.908. The van der Waals surface area contributed by atoms with Crippen LogP contribution in [0.1, 0.15) is 18.9 Å². The number of rotatable bonds is 5. The Bertz CT molecular complexity index is 762. The smallest absolute Gasteiger partial charge is 0.226 e. The van der Waals surface area contributed by atoms with Gasteiger partial charge in [0.2, 0.25) is 11.8 Å². The molecular weight excluding hydrogens is 314 g/mol. The molecule has 2 aromatic carbocycles. The number of para-hydroxylation sites is 1. The second-order valence-electron chi connectivity index (χ2n) is 5.38. The lowest BCUT2D eigenvalue weighted by molar-refractivity contribution is -0.117. The molecule has 0 aliphatic carbocycles. The first-order chi connectivity index (χ1) is 11.4. The van der Waals surface area contributed by atoms with Gasteiger partial charge in [0.05, 0.1) is 0 Å². The fourth-order valence-corrected chi connectivity index (χ4v) is 2.32. The molecule has 2 amide bonds. The zero-order valence-corrected chi connectivity index (χ0v) is 13.5. The highest BCUT2D eigenvalue weighted by molar-refractivity contribution is 5.95. The molecule has 0 fully saturated rings. The van der Waals surface area contributed by atoms with Crippen molar-refractivity contribution < 1.29 is 18.4 Å². The number of nitrogens with zero attached hydrogens (tertiary/aromatic N) is 1. The van der Waals surface area contributed by atoms with E-state index in [9.17, 15) is 18.4 Å². The fourth-order valence-electron chi connectivity index (χ4n) is 2.32. The van der Waals surface area contributed by atoms with E-state index in [0.717, 1.165) is 23.4 Å². The Morgan fingerprint density at radius 1 is 1.08 bits per heavy atom. The van der Waals surface area contributed by atoms with Gasteiger partial charge in [-0.05, 0) is 30.7 Å². The van der Waals surface area contributed by atoms with Crippen molar-refractivity contribution in [3.8, 4) is 0 Å². The third-order valence-electron chi connectivity index (χ3n) is 3.55. The van der Waals surface area contributed by atoms with Crippen molar-refractivity contribution in [2.45, 2.75) is 20.3 Å². The molecule has 0 saturated heterocycles. The Morgan fingerprint density at radius 2 is 1.79 bits per heavy atom. The molecule has 1 N–H and O–H groups in total. The lowest BCUT2D eigenvalue weighted by atomic mass is 10.1. The lowest BCUT2D eigenvalue weighted by Crippen LogP contribution is -2.32. The van der Waals surface area contributed by atoms with E-state index in [2.05, 4.69) is 5.32 Å². The molecule has 0 spiro atoms. The van der Waals surface area contributed by atoms with Crippen LogP contribution in [0.15, 0.2) is 42.5 Å². The van der Waals surface area contributed by atoms with Crippen molar-refractivity contribution in [2.24, 2.45) is 0 Å². The van der Waals surface area contributed by atoms with Crippen LogP contribution in [0.2, 0.25) is 0 Å². The van der Waals surface area contributed by atoms with E-state index >= 15 is 0 Å². The summed E-state index contributed by atoms with van der Waals surface area (Å²) in [4.78, 5) is 25.4. The highest BCUT2D eigenvalue weighted by Crippen LogP contribution is 2.20. The number of hydrogen-bond donors (Lipinski definition) is 1. The summed E-state index contributed by atoms with van der Waals surface area (Å²) in [5.74, 6) is -2.57. The minimum atomic E-state index is -1.03. The number of benzene rings is 2. The van der Waals surface area contributed by atoms with Crippen LogP contribution in [-0.4, -0.2) is 18.4 Å². The third-order valence-corrected chi connectivity index (χ3v) is 3.55. The van der Waals surface area contributed by atoms with E-state index in [1.807, 2.05) is 31.2 Å². The van der Waals surface area contributed by atoms with Crippen LogP contribution in [-0.2, 0) is 9.59 Å². The maximum Gasteiger partial charge on any atom is 0.226 e. The van der Waals surface area contributed by atoms with Crippen LogP contribution in [0.3, 0.4) is 0 Å². The van der Waals surface area contributed by atoms with Crippen LogP contribution in [0.5, 0.6) is 0 Å². The predicted octanol–water partition coefficient (Wildman–Crippen LogP) is 3.65. The number of nitrogens with one attached hydrogen (secondary N) is 1. The van der Waals surface area contributed by atoms with E-state index in [4.69, 9.17) is 0 Å². The van der Waals surface area contributed by atoms with Gasteiger partial charge < -0.3 is 10.2 Å². The normalized spacial score (nSPS) is 10.3. The van der Waals surface area contributed by atoms with Crippen LogP contribution in [0.25, 0.3) is 0 Å². The van der Waals surface area contributed by atoms with Gasteiger partial charge >= 0.3 is 0 Å². The molecule has 0 bridgehead atoms. The van der Waals surface area contributed by atoms with Gasteiger partial charge in [0.25, 0.3) is 0 Å². The highest BCUT2D eigenvalue weighted by Gasteiger charge is 2.15. The molecule has 2 aromatic rings. The molecule has 0 aromatic heterocycles. The summed E-state index contributed by atoms with van der Waals surface area (Å²) in [7, 11) is 0. The Balaban J connectivity index is 2.01. The molecular formula is C18H18F2N2O2. The SMILES string of the molecule is CC(=O)N(CCC(=O)Nc1ccc(F)c(F)c1)c1ccccc1C. The van der Waals surface area contributed by atoms with Gasteiger partial charge in [-0.15, -0.1) is 0 Å². The molecule has 0 saturated carbocycles. The minimum absolute atomic E-state index is 0.0346. The van der Waals surface area contributed by atoms with Gasteiger partial charge in [0, 0.05) is 37.3 Å². The minimum Gasteiger partial charge on any atom is -0.326 e. The summed E-state index contributed by atoms with van der Waals surface area (Å²) in [5.41, 5.74) is 1.84. The molecule has 126 valence electrons. The van der Waals surface area contributed by atoms with Crippen LogP contribution in [0.4, 0.5) is 20.2 Å². The summed E-state index contributed by atoms with van der Waals surface area (Å²) in [6.07, 6.45) is 0.0346. The monoisotopic (exact) mass is 332 g/mol. The molecule has 0 aliphatic heterocycles. The van der Waals surface area contributed by atoms with Crippen LogP contribution in [0, 0.1) is 18.6 Å². The number of carbonyl (C=O) groups is 2. The van der Waals surface area contributed by atoms with Crippen molar-refractivity contribution in [3.63, 3.8) is 0 Å². The lowest BCUT2D eigenvalue weighted by Gasteiger charge is -2.22. The maximum atomic E-state index is 13.1. The molecule has 2 rings (SSSR count). The van der Waals surface area contributed by atoms with E-state index in [1.165, 1.54) is 17.9 Å². The molecule has 0 aliphatic rings. The second-order valence-corrected chi connectivity index (χ2v) is 5.38. The molecule has 0 unspecified atom stereocenters. The van der Waals surface area contributed by atoms with Gasteiger partial charge in [-0.1, -0.05) is 18.2 Å². The fraction of sp³-hybridized carbons (Fsp3) is 0.222. The second kappa shape index (κ2) is 7.68. The summed E-state index contributed by atoms with van der Waals surface area (Å²) in [6.45, 7) is 3.50. The topological polar surface area (TPSA) is 49.4 Å². The summed E-state index contributed by atoms with van der Waals surface area (Å²) in [6, 6.07) is 10.5. The number of halogens is 2. The average Bonchev–Trinajstić information content (AvgIpc) is 2.52. The van der Waals surface area contributed by atoms with E-state index < -0.39 is 11.6 Å². The van der Waals surface area contributed by atoms with Gasteiger partial charge in [-0.3, -0.25) is 9.59 Å². The molecule has 6 heteroatoms. The largest absolute Gasteiger partial charge is 0.326 e. The Kier molecular flexibility index (Phi) is 5.63. The average molecular weight is 332 g/mol. The van der Waals surface area contributed by atoms with Gasteiger partial charge in [-0.25, -0.2) is 8.78 Å². The van der Waals surface area contributed by atoms with E-state index in [-0.39, 0.29) is 30.5 Å². The molecule has 0 atom stereocenters. The number of anilines is 2. The van der Waals surface area contributed by atoms with Crippen LogP contribution >= 0.6 is 0 Å². The number of amides is 2. The first-order valence-electron chi connectivity index (χ1n) is 7.47. The van der Waals surface area contributed by atoms with Gasteiger partial charge in [0.1, 0.15) is 0 Å². The molecule has 0 heterocycles. The summed E-state index contributed by atoms with van der Waals surface area (Å²) < 4.78 is 26.0. The summed E-state index contributed by atoms with van der Waals surface area (Å²) >= 11 is 0. The van der Waals surface area contributed by atoms with Crippen molar-refractivity contribution in [1.82, 2.24) is 0 Å². The van der Waals surface area contributed by atoms with Gasteiger partial charge in [-0.2, -0.15) is 0 Å². The highest BCUT2D eigenvalue weighted by atomic mass is 19.2. The number of aryl methyl sites for hydroxylation is 1. The van der Waals surface area contributed by atoms with E-state index in [0.29, 0.717) is 0 Å². The van der Waals surface area contributed by atoms with Crippen LogP contribution < -0.4 is 10.2 Å². The first kappa shape index (κ1) is 17.6. The van der Waals surface area contributed by atoms with Crippen molar-refractivity contribution in [2.75, 3.05) is 16.8 Å². The van der Waals surface area contributed by atoms with E-state index in [1.54, 1.807) is 0 Å². The van der Waals surface area contributed by atoms with Crippen molar-refractivity contribution >= 4 is 23.2 Å². The Labute approximate surface area is 139 Å². The van der Waals surface area contributed by atoms with Gasteiger partial charge in [0.15, 0.2) is 11.6 Å². The molecule has 0 radical (unpaired) electrons. The first-order valence-corrected chi connectivity index (χ1v) is 7.47. The number of hydrogen-bond acceptors (Lipinski definition) is 2. The Hall–Kier alpha value is -2.76. The molecule has 4 nitrogen and oxygen atoms in total. The maximum absolute atomic E-state index is 13.1. The van der Waals surface area contributed by atoms with Crippen molar-refractivity contribution in [3.05, 3.63) is 59.7 Å².